The van der Waals surface area contributed by atoms with E-state index in [-0.39, 0.29) is 35.1 Å². The number of hydrogen-bond acceptors (Lipinski definition) is 8. The lowest BCUT2D eigenvalue weighted by Crippen LogP contribution is -2.74. The van der Waals surface area contributed by atoms with Crippen LogP contribution < -0.4 is 25.4 Å². The van der Waals surface area contributed by atoms with Crippen molar-refractivity contribution >= 4 is 35.3 Å². The molecule has 1 aromatic rings. The van der Waals surface area contributed by atoms with Crippen LogP contribution in [0.1, 0.15) is 26.2 Å². The molecule has 4 amide bonds. The Morgan fingerprint density at radius 2 is 1.94 bits per heavy atom. The fourth-order valence-electron chi connectivity index (χ4n) is 4.11. The summed E-state index contributed by atoms with van der Waals surface area (Å²) in [7, 11) is 6.27. The Balaban J connectivity index is 1.72. The maximum Gasteiger partial charge on any atom is 0.327 e. The topological polar surface area (TPSA) is 112 Å². The van der Waals surface area contributed by atoms with Gasteiger partial charge in [0.2, 0.25) is 11.8 Å². The van der Waals surface area contributed by atoms with Crippen molar-refractivity contribution in [3.8, 4) is 11.5 Å². The zero-order valence-corrected chi connectivity index (χ0v) is 20.5. The van der Waals surface area contributed by atoms with E-state index in [0.29, 0.717) is 17.2 Å². The summed E-state index contributed by atoms with van der Waals surface area (Å²) in [5, 5.41) is 9.41. The molecule has 1 aromatic carbocycles. The lowest BCUT2D eigenvalue weighted by atomic mass is 9.96. The minimum absolute atomic E-state index is 0.0586. The lowest BCUT2D eigenvalue weighted by molar-refractivity contribution is -0.140. The van der Waals surface area contributed by atoms with E-state index in [1.807, 2.05) is 0 Å². The van der Waals surface area contributed by atoms with Gasteiger partial charge in [-0.2, -0.15) is 0 Å². The van der Waals surface area contributed by atoms with E-state index in [1.54, 1.807) is 37.3 Å². The second kappa shape index (κ2) is 11.1. The number of hydrogen-bond donors (Lipinski definition) is 3. The summed E-state index contributed by atoms with van der Waals surface area (Å²) in [6.45, 7) is 2.11. The van der Waals surface area contributed by atoms with Crippen LogP contribution in [0.4, 0.5) is 10.5 Å². The zero-order valence-electron chi connectivity index (χ0n) is 19.7. The van der Waals surface area contributed by atoms with Gasteiger partial charge >= 0.3 is 6.03 Å². The van der Waals surface area contributed by atoms with Gasteiger partial charge in [-0.25, -0.2) is 4.79 Å². The largest absolute Gasteiger partial charge is 0.497 e. The second-order valence-electron chi connectivity index (χ2n) is 8.14. The Kier molecular flexibility index (Phi) is 8.44. The fraction of sp³-hybridized carbons (Fsp3) is 0.591. The third-order valence-corrected chi connectivity index (χ3v) is 7.16. The third-order valence-electron chi connectivity index (χ3n) is 5.95. The number of nitrogens with one attached hydrogen (secondary N) is 3. The maximum absolute atomic E-state index is 13.0. The molecule has 3 rings (SSSR count). The maximum atomic E-state index is 13.0. The van der Waals surface area contributed by atoms with Gasteiger partial charge in [0.25, 0.3) is 0 Å². The monoisotopic (exact) mass is 479 g/mol. The molecule has 2 aliphatic rings. The van der Waals surface area contributed by atoms with Crippen molar-refractivity contribution in [2.75, 3.05) is 39.4 Å². The van der Waals surface area contributed by atoms with Gasteiger partial charge in [0.05, 0.1) is 49.3 Å². The van der Waals surface area contributed by atoms with Crippen LogP contribution in [0.2, 0.25) is 0 Å². The van der Waals surface area contributed by atoms with Crippen molar-refractivity contribution < 1.29 is 23.9 Å². The van der Waals surface area contributed by atoms with Gasteiger partial charge in [-0.05, 0) is 18.6 Å². The van der Waals surface area contributed by atoms with Gasteiger partial charge in [-0.3, -0.25) is 25.1 Å². The van der Waals surface area contributed by atoms with Crippen LogP contribution in [0.25, 0.3) is 0 Å². The van der Waals surface area contributed by atoms with Gasteiger partial charge in [0.1, 0.15) is 11.5 Å². The molecule has 0 saturated carbocycles. The van der Waals surface area contributed by atoms with E-state index in [4.69, 9.17) is 9.47 Å². The number of nitrogens with zero attached hydrogens (tertiary/aromatic N) is 2. The molecule has 0 spiro atoms. The highest BCUT2D eigenvalue weighted by atomic mass is 32.2. The van der Waals surface area contributed by atoms with Crippen LogP contribution in [0.15, 0.2) is 18.2 Å². The Bertz CT molecular complexity index is 885. The van der Waals surface area contributed by atoms with Crippen molar-refractivity contribution in [3.05, 3.63) is 18.2 Å². The molecule has 2 aliphatic heterocycles. The van der Waals surface area contributed by atoms with Crippen LogP contribution >= 0.6 is 11.8 Å². The number of anilines is 1. The molecule has 11 heteroatoms. The van der Waals surface area contributed by atoms with E-state index < -0.39 is 12.1 Å². The van der Waals surface area contributed by atoms with Crippen molar-refractivity contribution in [3.63, 3.8) is 0 Å². The van der Waals surface area contributed by atoms with Crippen LogP contribution in [-0.2, 0) is 9.59 Å². The number of thioether (sulfide) groups is 1. The first-order valence-electron chi connectivity index (χ1n) is 11.0. The molecular formula is C22H33N5O5S. The van der Waals surface area contributed by atoms with Crippen molar-refractivity contribution in [1.82, 2.24) is 20.4 Å². The molecule has 4 atom stereocenters. The van der Waals surface area contributed by atoms with E-state index in [2.05, 4.69) is 22.9 Å². The molecule has 2 saturated heterocycles. The quantitative estimate of drug-likeness (QED) is 0.492. The first kappa shape index (κ1) is 25.1. The summed E-state index contributed by atoms with van der Waals surface area (Å²) in [5.74, 6) is 0.247. The number of methoxy groups -OCH3 is 2. The van der Waals surface area contributed by atoms with Gasteiger partial charge in [-0.1, -0.05) is 19.8 Å². The van der Waals surface area contributed by atoms with Gasteiger partial charge < -0.3 is 19.7 Å². The summed E-state index contributed by atoms with van der Waals surface area (Å²) in [6, 6.07) is 4.84. The molecular weight excluding hydrogens is 446 g/mol. The summed E-state index contributed by atoms with van der Waals surface area (Å²) in [5.41, 5.74) is 0.512. The Hall–Kier alpha value is -2.50. The summed E-state index contributed by atoms with van der Waals surface area (Å²) in [6.07, 6.45) is 2.41. The fourth-order valence-corrected chi connectivity index (χ4v) is 5.24. The number of unbranched alkanes of at least 4 members (excludes halogenated alkanes) is 1. The number of urea groups is 1. The second-order valence-corrected chi connectivity index (χ2v) is 9.27. The standard InChI is InChI=1S/C22H33N5O5S/c1-6-7-8-16-24-19-18(21(29)27(3)22(30)26(19)2)20(25-16)33-12-17(28)23-14-11-13(31-4)9-10-15(14)32-5/h9-11,16,18-20,24-25H,6-8,12H2,1-5H3,(H,23,28). The predicted molar refractivity (Wildman–Crippen MR) is 127 cm³/mol. The third kappa shape index (κ3) is 5.53. The highest BCUT2D eigenvalue weighted by molar-refractivity contribution is 8.00. The number of benzene rings is 1. The first-order valence-corrected chi connectivity index (χ1v) is 12.1. The molecule has 0 bridgehead atoms. The smallest absolute Gasteiger partial charge is 0.327 e. The van der Waals surface area contributed by atoms with Crippen LogP contribution in [0.3, 0.4) is 0 Å². The number of ether oxygens (including phenoxy) is 2. The van der Waals surface area contributed by atoms with Gasteiger partial charge in [0.15, 0.2) is 0 Å². The van der Waals surface area contributed by atoms with E-state index in [0.717, 1.165) is 24.2 Å². The van der Waals surface area contributed by atoms with E-state index in [1.165, 1.54) is 25.9 Å². The summed E-state index contributed by atoms with van der Waals surface area (Å²) >= 11 is 1.36. The average Bonchev–Trinajstić information content (AvgIpc) is 2.83. The van der Waals surface area contributed by atoms with Gasteiger partial charge in [0, 0.05) is 20.2 Å². The molecule has 2 heterocycles. The molecule has 33 heavy (non-hydrogen) atoms. The highest BCUT2D eigenvalue weighted by Crippen LogP contribution is 2.33. The minimum Gasteiger partial charge on any atom is -0.497 e. The lowest BCUT2D eigenvalue weighted by Gasteiger charge is -2.50. The SMILES string of the molecule is CCCCC1NC(SCC(=O)Nc2cc(OC)ccc2OC)C2C(=O)N(C)C(=O)N(C)C2N1. The van der Waals surface area contributed by atoms with Crippen molar-refractivity contribution in [1.29, 1.82) is 0 Å². The van der Waals surface area contributed by atoms with Crippen molar-refractivity contribution in [2.24, 2.45) is 5.92 Å². The van der Waals surface area contributed by atoms with E-state index in [9.17, 15) is 14.4 Å². The number of carbonyl (C=O) groups excluding carboxylic acids is 3. The Morgan fingerprint density at radius 3 is 2.61 bits per heavy atom. The molecule has 0 aliphatic carbocycles. The molecule has 3 N–H and O–H groups in total. The molecule has 4 unspecified atom stereocenters. The van der Waals surface area contributed by atoms with Crippen molar-refractivity contribution in [2.45, 2.75) is 43.9 Å². The van der Waals surface area contributed by atoms with Gasteiger partial charge in [-0.15, -0.1) is 11.8 Å². The summed E-state index contributed by atoms with van der Waals surface area (Å²) in [4.78, 5) is 40.9. The van der Waals surface area contributed by atoms with E-state index >= 15 is 0 Å². The number of carbonyl (C=O) groups is 3. The Labute approximate surface area is 198 Å². The van der Waals surface area contributed by atoms with Crippen LogP contribution in [0.5, 0.6) is 11.5 Å². The van der Waals surface area contributed by atoms with Crippen LogP contribution in [-0.4, -0.2) is 79.4 Å². The molecule has 10 nitrogen and oxygen atoms in total. The molecule has 0 aromatic heterocycles. The number of amides is 4. The Morgan fingerprint density at radius 1 is 1.18 bits per heavy atom. The molecule has 182 valence electrons. The van der Waals surface area contributed by atoms with Crippen LogP contribution in [0, 0.1) is 5.92 Å². The highest BCUT2D eigenvalue weighted by Gasteiger charge is 2.50. The number of imide groups is 1. The molecule has 2 fully saturated rings. The normalized spacial score (nSPS) is 25.0. The summed E-state index contributed by atoms with van der Waals surface area (Å²) < 4.78 is 10.6. The zero-order chi connectivity index (χ0) is 24.1. The number of rotatable bonds is 9. The predicted octanol–water partition coefficient (Wildman–Crippen LogP) is 1.88. The molecule has 0 radical (unpaired) electrons. The number of fused-ring (bicyclic) bond motifs is 1. The average molecular weight is 480 g/mol. The first-order chi connectivity index (χ1) is 15.8. The minimum atomic E-state index is -0.514.